The topological polar surface area (TPSA) is 55.6 Å². The SMILES string of the molecule is CC(C)(C)OC(=O)N1C[C@@H](N)C[C@H](c2cccc(C(F)(F)F)c2)C1. The molecule has 1 fully saturated rings. The van der Waals surface area contributed by atoms with Crippen LogP contribution in [0.15, 0.2) is 24.3 Å². The van der Waals surface area contributed by atoms with Crippen molar-refractivity contribution in [2.45, 2.75) is 50.9 Å². The summed E-state index contributed by atoms with van der Waals surface area (Å²) in [6.45, 7) is 5.92. The van der Waals surface area contributed by atoms with E-state index < -0.39 is 23.4 Å². The van der Waals surface area contributed by atoms with E-state index in [9.17, 15) is 18.0 Å². The zero-order chi connectivity index (χ0) is 18.1. The van der Waals surface area contributed by atoms with Crippen LogP contribution in [0.1, 0.15) is 44.2 Å². The molecule has 1 aliphatic heterocycles. The third kappa shape index (κ3) is 4.87. The lowest BCUT2D eigenvalue weighted by Gasteiger charge is -2.37. The van der Waals surface area contributed by atoms with Crippen LogP contribution in [0.2, 0.25) is 0 Å². The Balaban J connectivity index is 2.18. The number of rotatable bonds is 1. The Morgan fingerprint density at radius 3 is 2.50 bits per heavy atom. The highest BCUT2D eigenvalue weighted by atomic mass is 19.4. The molecule has 0 saturated carbocycles. The van der Waals surface area contributed by atoms with E-state index in [1.165, 1.54) is 11.0 Å². The second-order valence-electron chi connectivity index (χ2n) is 7.20. The van der Waals surface area contributed by atoms with Gasteiger partial charge in [-0.05, 0) is 38.8 Å². The van der Waals surface area contributed by atoms with Gasteiger partial charge in [-0.2, -0.15) is 13.2 Å². The van der Waals surface area contributed by atoms with Crippen molar-refractivity contribution in [3.8, 4) is 0 Å². The summed E-state index contributed by atoms with van der Waals surface area (Å²) in [4.78, 5) is 13.7. The van der Waals surface area contributed by atoms with Gasteiger partial charge < -0.3 is 15.4 Å². The number of carbonyl (C=O) groups is 1. The lowest BCUT2D eigenvalue weighted by molar-refractivity contribution is -0.137. The molecule has 0 spiro atoms. The second kappa shape index (κ2) is 6.63. The number of nitrogens with zero attached hydrogens (tertiary/aromatic N) is 1. The van der Waals surface area contributed by atoms with Crippen molar-refractivity contribution in [2.75, 3.05) is 13.1 Å². The fourth-order valence-electron chi connectivity index (χ4n) is 2.82. The van der Waals surface area contributed by atoms with Crippen LogP contribution in [0.4, 0.5) is 18.0 Å². The molecule has 2 rings (SSSR count). The number of nitrogens with two attached hydrogens (primary N) is 1. The first-order valence-corrected chi connectivity index (χ1v) is 7.86. The molecule has 1 heterocycles. The lowest BCUT2D eigenvalue weighted by atomic mass is 9.87. The van der Waals surface area contributed by atoms with E-state index in [4.69, 9.17) is 10.5 Å². The molecule has 0 bridgehead atoms. The van der Waals surface area contributed by atoms with E-state index in [2.05, 4.69) is 0 Å². The van der Waals surface area contributed by atoms with Crippen molar-refractivity contribution in [1.29, 1.82) is 0 Å². The molecule has 24 heavy (non-hydrogen) atoms. The molecule has 2 atom stereocenters. The summed E-state index contributed by atoms with van der Waals surface area (Å²) < 4.78 is 44.0. The van der Waals surface area contributed by atoms with Gasteiger partial charge >= 0.3 is 12.3 Å². The highest BCUT2D eigenvalue weighted by molar-refractivity contribution is 5.68. The average Bonchev–Trinajstić information content (AvgIpc) is 2.44. The molecule has 1 aromatic rings. The summed E-state index contributed by atoms with van der Waals surface area (Å²) in [6.07, 6.45) is -4.35. The number of hydrogen-bond acceptors (Lipinski definition) is 3. The Kier molecular flexibility index (Phi) is 5.13. The molecular formula is C17H23F3N2O2. The lowest BCUT2D eigenvalue weighted by Crippen LogP contribution is -2.50. The average molecular weight is 344 g/mol. The van der Waals surface area contributed by atoms with Gasteiger partial charge in [0.15, 0.2) is 0 Å². The van der Waals surface area contributed by atoms with Crippen LogP contribution in [-0.4, -0.2) is 35.7 Å². The highest BCUT2D eigenvalue weighted by Gasteiger charge is 2.34. The van der Waals surface area contributed by atoms with Crippen molar-refractivity contribution in [3.63, 3.8) is 0 Å². The molecule has 1 amide bonds. The fraction of sp³-hybridized carbons (Fsp3) is 0.588. The summed E-state index contributed by atoms with van der Waals surface area (Å²) in [5.74, 6) is -0.247. The van der Waals surface area contributed by atoms with Gasteiger partial charge in [0.25, 0.3) is 0 Å². The standard InChI is InChI=1S/C17H23F3N2O2/c1-16(2,3)24-15(23)22-9-12(8-14(21)10-22)11-5-4-6-13(7-11)17(18,19)20/h4-7,12,14H,8-10,21H2,1-3H3/t12-,14-/m0/s1. The van der Waals surface area contributed by atoms with E-state index >= 15 is 0 Å². The Morgan fingerprint density at radius 1 is 1.25 bits per heavy atom. The zero-order valence-corrected chi connectivity index (χ0v) is 14.1. The van der Waals surface area contributed by atoms with Crippen LogP contribution in [0.5, 0.6) is 0 Å². The maximum atomic E-state index is 12.9. The van der Waals surface area contributed by atoms with E-state index in [0.29, 0.717) is 25.1 Å². The largest absolute Gasteiger partial charge is 0.444 e. The number of halogens is 3. The first kappa shape index (κ1) is 18.6. The summed E-state index contributed by atoms with van der Waals surface area (Å²) in [5, 5.41) is 0. The number of alkyl halides is 3. The number of hydrogen-bond donors (Lipinski definition) is 1. The summed E-state index contributed by atoms with van der Waals surface area (Å²) in [6, 6.07) is 4.90. The van der Waals surface area contributed by atoms with E-state index in [1.54, 1.807) is 26.8 Å². The third-order valence-corrected chi connectivity index (χ3v) is 3.82. The zero-order valence-electron chi connectivity index (χ0n) is 14.1. The van der Waals surface area contributed by atoms with Crippen LogP contribution in [0.25, 0.3) is 0 Å². The first-order chi connectivity index (χ1) is 11.0. The van der Waals surface area contributed by atoms with E-state index in [-0.39, 0.29) is 12.0 Å². The van der Waals surface area contributed by atoms with Crippen molar-refractivity contribution in [3.05, 3.63) is 35.4 Å². The van der Waals surface area contributed by atoms with Crippen molar-refractivity contribution in [1.82, 2.24) is 4.90 Å². The molecule has 1 aliphatic rings. The predicted octanol–water partition coefficient (Wildman–Crippen LogP) is 3.76. The van der Waals surface area contributed by atoms with Gasteiger partial charge in [-0.15, -0.1) is 0 Å². The van der Waals surface area contributed by atoms with Crippen LogP contribution >= 0.6 is 0 Å². The van der Waals surface area contributed by atoms with E-state index in [0.717, 1.165) is 12.1 Å². The van der Waals surface area contributed by atoms with Crippen LogP contribution < -0.4 is 5.73 Å². The molecule has 0 radical (unpaired) electrons. The molecule has 1 aromatic carbocycles. The van der Waals surface area contributed by atoms with Crippen molar-refractivity contribution < 1.29 is 22.7 Å². The molecular weight excluding hydrogens is 321 g/mol. The summed E-state index contributed by atoms with van der Waals surface area (Å²) in [5.41, 5.74) is 5.22. The number of piperidine rings is 1. The Hall–Kier alpha value is -1.76. The van der Waals surface area contributed by atoms with Gasteiger partial charge in [0.05, 0.1) is 5.56 Å². The molecule has 0 unspecified atom stereocenters. The maximum Gasteiger partial charge on any atom is 0.416 e. The Morgan fingerprint density at radius 2 is 1.92 bits per heavy atom. The molecule has 7 heteroatoms. The minimum Gasteiger partial charge on any atom is -0.444 e. The second-order valence-corrected chi connectivity index (χ2v) is 7.20. The van der Waals surface area contributed by atoms with Gasteiger partial charge in [0.1, 0.15) is 5.60 Å². The Bertz CT molecular complexity index is 596. The molecule has 0 aliphatic carbocycles. The van der Waals surface area contributed by atoms with Gasteiger partial charge in [-0.1, -0.05) is 18.2 Å². The summed E-state index contributed by atoms with van der Waals surface area (Å²) >= 11 is 0. The molecule has 1 saturated heterocycles. The van der Waals surface area contributed by atoms with Gasteiger partial charge in [0.2, 0.25) is 0 Å². The van der Waals surface area contributed by atoms with Crippen molar-refractivity contribution in [2.24, 2.45) is 5.73 Å². The highest BCUT2D eigenvalue weighted by Crippen LogP contribution is 2.33. The molecule has 0 aromatic heterocycles. The van der Waals surface area contributed by atoms with Crippen LogP contribution in [0, 0.1) is 0 Å². The molecule has 134 valence electrons. The number of likely N-dealkylation sites (tertiary alicyclic amines) is 1. The normalized spacial score (nSPS) is 22.4. The van der Waals surface area contributed by atoms with Gasteiger partial charge in [-0.3, -0.25) is 0 Å². The number of amides is 1. The smallest absolute Gasteiger partial charge is 0.416 e. The van der Waals surface area contributed by atoms with Crippen LogP contribution in [0.3, 0.4) is 0 Å². The van der Waals surface area contributed by atoms with Gasteiger partial charge in [-0.25, -0.2) is 4.79 Å². The number of carbonyl (C=O) groups excluding carboxylic acids is 1. The Labute approximate surface area is 139 Å². The van der Waals surface area contributed by atoms with Gasteiger partial charge in [0, 0.05) is 25.0 Å². The molecule has 2 N–H and O–H groups in total. The predicted molar refractivity (Wildman–Crippen MR) is 84.6 cm³/mol. The third-order valence-electron chi connectivity index (χ3n) is 3.82. The summed E-state index contributed by atoms with van der Waals surface area (Å²) in [7, 11) is 0. The fourth-order valence-corrected chi connectivity index (χ4v) is 2.82. The molecule has 4 nitrogen and oxygen atoms in total. The van der Waals surface area contributed by atoms with E-state index in [1.807, 2.05) is 0 Å². The van der Waals surface area contributed by atoms with Crippen molar-refractivity contribution >= 4 is 6.09 Å². The maximum absolute atomic E-state index is 12.9. The minimum atomic E-state index is -4.39. The number of ether oxygens (including phenoxy) is 1. The quantitative estimate of drug-likeness (QED) is 0.844. The minimum absolute atomic E-state index is 0.247. The monoisotopic (exact) mass is 344 g/mol. The van der Waals surface area contributed by atoms with Crippen LogP contribution in [-0.2, 0) is 10.9 Å². The first-order valence-electron chi connectivity index (χ1n) is 7.86. The number of benzene rings is 1.